The molecule has 0 spiro atoms. The number of aromatic hydroxyl groups is 7. The first-order valence-corrected chi connectivity index (χ1v) is 45.8. The van der Waals surface area contributed by atoms with E-state index in [0.29, 0.717) is 49.2 Å². The minimum absolute atomic E-state index is 0. The van der Waals surface area contributed by atoms with Gasteiger partial charge >= 0.3 is 0 Å². The molecule has 10 N–H and O–H groups in total. The van der Waals surface area contributed by atoms with Crippen molar-refractivity contribution in [3.8, 4) is 57.5 Å². The predicted octanol–water partition coefficient (Wildman–Crippen LogP) is 19.9. The Hall–Kier alpha value is -11.2. The number of nitrogens with one attached hydrogen (secondary N) is 1. The van der Waals surface area contributed by atoms with Gasteiger partial charge in [0.2, 0.25) is 0 Å². The van der Waals surface area contributed by atoms with E-state index >= 15 is 0 Å². The molecular weight excluding hydrogens is 2340 g/mol. The molecule has 1 aliphatic rings. The second-order valence-corrected chi connectivity index (χ2v) is 35.5. The fraction of sp³-hybridized carbons (Fsp3) is 0.156. The zero-order valence-corrected chi connectivity index (χ0v) is 88.6. The Kier molecular flexibility index (Phi) is 39.6. The number of nitrogen functional groups attached to an aromatic ring is 1. The number of nitrogens with two attached hydrogens (primary N) is 1. The fourth-order valence-electron chi connectivity index (χ4n) is 13.9. The third-order valence-corrected chi connectivity index (χ3v) is 25.1. The van der Waals surface area contributed by atoms with Crippen LogP contribution in [0, 0.1) is 12.8 Å². The first kappa shape index (κ1) is 113. The maximum absolute atomic E-state index is 12.6. The highest BCUT2D eigenvalue weighted by molar-refractivity contribution is 8.93. The zero-order valence-electron chi connectivity index (χ0n) is 72.9. The molecular formula is C90H71Br3Cl14N20O15. The van der Waals surface area contributed by atoms with Crippen LogP contribution in [-0.2, 0) is 32.6 Å². The number of hydrogen-bond donors (Lipinski definition) is 9. The summed E-state index contributed by atoms with van der Waals surface area (Å²) in [4.78, 5) is 131. The molecule has 11 aromatic heterocycles. The van der Waals surface area contributed by atoms with E-state index < -0.39 is 16.7 Å². The predicted molar refractivity (Wildman–Crippen MR) is 572 cm³/mol. The lowest BCUT2D eigenvalue weighted by Crippen LogP contribution is -2.32. The monoisotopic (exact) mass is 2400 g/mol. The number of ether oxygens (including phenoxy) is 1. The van der Waals surface area contributed by atoms with Gasteiger partial charge < -0.3 is 51.6 Å². The number of piperidine rings is 1. The summed E-state index contributed by atoms with van der Waals surface area (Å²) in [6.45, 7) is 7.67. The number of hydrogen-bond acceptors (Lipinski definition) is 28. The van der Waals surface area contributed by atoms with Crippen molar-refractivity contribution < 1.29 is 40.5 Å². The largest absolute Gasteiger partial charge is 0.504 e. The van der Waals surface area contributed by atoms with Crippen LogP contribution in [0.1, 0.15) is 43.1 Å². The van der Waals surface area contributed by atoms with Crippen LogP contribution in [0.2, 0.25) is 70.3 Å². The summed E-state index contributed by atoms with van der Waals surface area (Å²) in [6, 6.07) is 25.3. The van der Waals surface area contributed by atoms with E-state index in [1.165, 1.54) is 123 Å². The second kappa shape index (κ2) is 49.9. The minimum atomic E-state index is -0.544. The molecule has 1 fully saturated rings. The SMILES string of the molecule is Br.Br.Br.CCCn1cnc2c(O)c(Cl)cc(Cl)c2c1=O.COc1ccc(-n2cnc3c(O)c(Cl)cc(Cl)c3c2=O)nc1.Cc1cccnc1Cn1cnc2c(O)c(Cl)cc(Cl)c2c1=O.Nn1cnc2c(O)c(Cl)cc(Cl)c2c1=O.O=c1c2c(Cl)cc(Cl)c(O)c2ncn1-c1cccnc1.O=c1c2c(Cl)cc(Cl)c(O)c2ncn1CC1CCNCC1.O=c1c2c(Cl)cc(Cl)c(O)c2ncn1CCc1ccccn1. The molecule has 740 valence electrons. The summed E-state index contributed by atoms with van der Waals surface area (Å²) in [7, 11) is 1.52. The van der Waals surface area contributed by atoms with Crippen LogP contribution in [-0.4, -0.2) is 143 Å². The van der Waals surface area contributed by atoms with Crippen molar-refractivity contribution in [2.75, 3.05) is 26.0 Å². The van der Waals surface area contributed by atoms with Crippen molar-refractivity contribution in [3.63, 3.8) is 0 Å². The number of aryl methyl sites for hydroxylation is 4. The molecule has 0 aliphatic carbocycles. The Morgan fingerprint density at radius 2 is 0.746 bits per heavy atom. The lowest BCUT2D eigenvalue weighted by molar-refractivity contribution is 0.329. The van der Waals surface area contributed by atoms with Crippen LogP contribution in [0.25, 0.3) is 87.8 Å². The fourth-order valence-corrected chi connectivity index (χ4v) is 17.6. The smallest absolute Gasteiger partial charge is 0.281 e. The third kappa shape index (κ3) is 24.9. The van der Waals surface area contributed by atoms with Gasteiger partial charge in [0.15, 0.2) is 40.2 Å². The second-order valence-electron chi connectivity index (χ2n) is 29.8. The lowest BCUT2D eigenvalue weighted by atomic mass is 9.98. The summed E-state index contributed by atoms with van der Waals surface area (Å²) in [6.07, 6.45) is 20.6. The quantitative estimate of drug-likeness (QED) is 0.0513. The molecule has 0 unspecified atom stereocenters. The average molecular weight is 2410 g/mol. The molecule has 1 aliphatic heterocycles. The van der Waals surface area contributed by atoms with E-state index in [1.54, 1.807) is 47.4 Å². The number of pyridine rings is 4. The van der Waals surface area contributed by atoms with E-state index in [2.05, 4.69) is 60.1 Å². The minimum Gasteiger partial charge on any atom is -0.504 e. The number of fused-ring (bicyclic) bond motifs is 7. The summed E-state index contributed by atoms with van der Waals surface area (Å²) in [5, 5.41) is 74.5. The molecule has 19 rings (SSSR count). The van der Waals surface area contributed by atoms with Crippen molar-refractivity contribution in [1.82, 2.24) is 92.2 Å². The van der Waals surface area contributed by atoms with E-state index in [-0.39, 0.29) is 267 Å². The van der Waals surface area contributed by atoms with Gasteiger partial charge in [-0.15, -0.1) is 50.9 Å². The van der Waals surface area contributed by atoms with E-state index in [0.717, 1.165) is 60.3 Å². The highest BCUT2D eigenvalue weighted by Crippen LogP contribution is 2.42. The normalized spacial score (nSPS) is 11.5. The molecule has 0 saturated carbocycles. The molecule has 142 heavy (non-hydrogen) atoms. The van der Waals surface area contributed by atoms with Crippen molar-refractivity contribution >= 4 is 290 Å². The Morgan fingerprint density at radius 1 is 0.380 bits per heavy atom. The van der Waals surface area contributed by atoms with E-state index in [4.69, 9.17) is 173 Å². The average Bonchev–Trinajstić information content (AvgIpc) is 0.782. The van der Waals surface area contributed by atoms with Gasteiger partial charge in [-0.2, -0.15) is 0 Å². The summed E-state index contributed by atoms with van der Waals surface area (Å²) < 4.78 is 14.2. The van der Waals surface area contributed by atoms with Gasteiger partial charge in [0.25, 0.3) is 38.9 Å². The maximum Gasteiger partial charge on any atom is 0.281 e. The van der Waals surface area contributed by atoms with Crippen molar-refractivity contribution in [1.29, 1.82) is 0 Å². The summed E-state index contributed by atoms with van der Waals surface area (Å²) >= 11 is 82.7. The van der Waals surface area contributed by atoms with Gasteiger partial charge in [-0.3, -0.25) is 75.9 Å². The molecule has 0 amide bonds. The van der Waals surface area contributed by atoms with Gasteiger partial charge in [0.1, 0.15) is 69.2 Å². The molecule has 1 saturated heterocycles. The lowest BCUT2D eigenvalue weighted by Gasteiger charge is -2.23. The molecule has 18 aromatic rings. The number of phenolic OH excluding ortho intramolecular Hbond substituents is 7. The van der Waals surface area contributed by atoms with Crippen LogP contribution >= 0.6 is 213 Å². The van der Waals surface area contributed by atoms with Gasteiger partial charge in [-0.05, 0) is 136 Å². The van der Waals surface area contributed by atoms with Gasteiger partial charge in [0, 0.05) is 50.3 Å². The van der Waals surface area contributed by atoms with Crippen molar-refractivity contribution in [2.24, 2.45) is 5.92 Å². The molecule has 35 nitrogen and oxygen atoms in total. The standard InChI is InChI=1S/2C15H11Cl2N3O2.C14H9Cl2N3O3.C14H15Cl2N3O2.C13H7Cl2N3O2.C11H10Cl2N2O2.C8H5Cl2N3O2.3BrH/c1-8-3-2-4-18-11(8)6-20-7-19-13-12(15(20)22)9(16)5-10(17)14(13)21;16-10-7-11(17)14(21)13-12(10)15(22)20(8-19-13)6-4-9-3-1-2-5-18-9;1-22-7-2-3-10(17-5-7)19-6-18-12-11(14(19)21)8(15)4-9(16)13(12)20;15-9-5-10(16)13(20)12-11(9)14(21)19(7-18-12)6-8-1-3-17-4-2-8;14-8-4-9(15)12(19)11-10(8)13(20)18(6-17-11)7-2-1-3-16-5-7;1-2-3-15-5-14-9-8(11(15)17)6(12)4-7(13)10(9)16;9-3-1-4(10)7(14)6-5(3)8(15)13(11)2-12-6;;;/h2-5,7,21H,6H2,1H3;1-3,5,7-8,21H,4,6H2;2-6,20H,1H3;5,7-8,17,20H,1-4,6H2;1-6,19H;4-5,16H,2-3H2,1H3;1-2,14H,11H2;3*1H. The Morgan fingerprint density at radius 3 is 1.14 bits per heavy atom. The number of aromatic nitrogens is 18. The number of halogens is 17. The molecule has 12 heterocycles. The van der Waals surface area contributed by atoms with Crippen LogP contribution in [0.4, 0.5) is 0 Å². The van der Waals surface area contributed by atoms with E-state index in [9.17, 15) is 69.3 Å². The highest BCUT2D eigenvalue weighted by Gasteiger charge is 2.25. The number of phenols is 7. The molecule has 7 aromatic carbocycles. The van der Waals surface area contributed by atoms with Crippen molar-refractivity contribution in [2.45, 2.75) is 65.7 Å². The van der Waals surface area contributed by atoms with E-state index in [1.807, 2.05) is 44.2 Å². The Labute approximate surface area is 901 Å². The summed E-state index contributed by atoms with van der Waals surface area (Å²) in [5.41, 5.74) is 1.23. The first-order valence-electron chi connectivity index (χ1n) is 40.5. The number of methoxy groups -OCH3 is 1. The van der Waals surface area contributed by atoms with Crippen LogP contribution < -0.4 is 54.8 Å². The van der Waals surface area contributed by atoms with Crippen LogP contribution in [0.15, 0.2) is 206 Å². The van der Waals surface area contributed by atoms with Gasteiger partial charge in [-0.1, -0.05) is 181 Å². The van der Waals surface area contributed by atoms with Crippen LogP contribution in [0.5, 0.6) is 46.0 Å². The molecule has 52 heteroatoms. The molecule has 0 bridgehead atoms. The number of rotatable bonds is 12. The number of nitrogens with zero attached hydrogens (tertiary/aromatic N) is 18. The van der Waals surface area contributed by atoms with Crippen molar-refractivity contribution in [3.05, 3.63) is 332 Å². The maximum atomic E-state index is 12.6. The van der Waals surface area contributed by atoms with Gasteiger partial charge in [0.05, 0.1) is 171 Å². The summed E-state index contributed by atoms with van der Waals surface area (Å²) in [5.74, 6) is 4.93. The Balaban J connectivity index is 0.000000170. The highest BCUT2D eigenvalue weighted by atomic mass is 79.9. The Bertz CT molecular complexity index is 8300. The zero-order chi connectivity index (χ0) is 100. The third-order valence-electron chi connectivity index (χ3n) is 21.0. The topological polar surface area (TPSA) is 485 Å². The molecule has 0 atom stereocenters. The van der Waals surface area contributed by atoms with Crippen LogP contribution in [0.3, 0.4) is 0 Å². The first-order chi connectivity index (χ1) is 66.3. The number of benzene rings is 7. The van der Waals surface area contributed by atoms with Gasteiger partial charge in [-0.25, -0.2) is 44.5 Å². The molecule has 0 radical (unpaired) electrons.